The zero-order chi connectivity index (χ0) is 26.9. The van der Waals surface area contributed by atoms with Crippen molar-refractivity contribution in [3.05, 3.63) is 71.2 Å². The molecule has 9 nitrogen and oxygen atoms in total. The van der Waals surface area contributed by atoms with E-state index >= 15 is 0 Å². The third-order valence-electron chi connectivity index (χ3n) is 6.80. The Labute approximate surface area is 223 Å². The Hall–Kier alpha value is -3.85. The summed E-state index contributed by atoms with van der Waals surface area (Å²) in [6.45, 7) is 13.5. The predicted octanol–water partition coefficient (Wildman–Crippen LogP) is 4.68. The van der Waals surface area contributed by atoms with Gasteiger partial charge >= 0.3 is 6.09 Å². The molecule has 4 aromatic rings. The molecule has 0 atom stereocenters. The van der Waals surface area contributed by atoms with E-state index in [9.17, 15) is 4.79 Å². The first kappa shape index (κ1) is 25.8. The highest BCUT2D eigenvalue weighted by atomic mass is 16.6. The average Bonchev–Trinajstić information content (AvgIpc) is 3.27. The van der Waals surface area contributed by atoms with Crippen molar-refractivity contribution in [1.29, 1.82) is 0 Å². The van der Waals surface area contributed by atoms with E-state index in [0.717, 1.165) is 64.7 Å². The number of rotatable bonds is 5. The van der Waals surface area contributed by atoms with E-state index in [4.69, 9.17) is 9.72 Å². The zero-order valence-electron chi connectivity index (χ0n) is 22.8. The lowest BCUT2D eigenvalue weighted by atomic mass is 10.1. The molecule has 5 rings (SSSR count). The van der Waals surface area contributed by atoms with Crippen LogP contribution in [0.15, 0.2) is 42.9 Å². The molecule has 9 heteroatoms. The maximum Gasteiger partial charge on any atom is 0.410 e. The number of aromatic amines is 1. The number of benzene rings is 1. The Bertz CT molecular complexity index is 1450. The first-order valence-electron chi connectivity index (χ1n) is 13.1. The van der Waals surface area contributed by atoms with Crippen LogP contribution in [0.1, 0.15) is 49.1 Å². The number of hydrogen-bond donors (Lipinski definition) is 1. The molecule has 1 aromatic carbocycles. The standard InChI is InChI=1S/C29H35N7O2/c1-19-20(2)31-18-32-27(19)22-6-7-24-25(15-22)34-26(33-24)16-23-14-21(8-9-30-23)17-35-10-12-36(13-11-35)28(37)38-29(3,4)5/h6-9,14-15,18H,10-13,16-17H2,1-5H3,(H,33,34). The second kappa shape index (κ2) is 10.5. The highest BCUT2D eigenvalue weighted by Crippen LogP contribution is 2.25. The number of carbonyl (C=O) groups excluding carboxylic acids is 1. The second-order valence-corrected chi connectivity index (χ2v) is 10.9. The molecule has 4 heterocycles. The van der Waals surface area contributed by atoms with Crippen LogP contribution in [0.2, 0.25) is 0 Å². The number of aromatic nitrogens is 5. The number of carbonyl (C=O) groups is 1. The van der Waals surface area contributed by atoms with Gasteiger partial charge in [0.05, 0.1) is 16.7 Å². The van der Waals surface area contributed by atoms with Gasteiger partial charge in [0.25, 0.3) is 0 Å². The maximum absolute atomic E-state index is 12.3. The molecule has 0 spiro atoms. The molecule has 1 amide bonds. The number of hydrogen-bond acceptors (Lipinski definition) is 7. The Kier molecular flexibility index (Phi) is 7.12. The number of pyridine rings is 1. The van der Waals surface area contributed by atoms with Crippen LogP contribution in [0, 0.1) is 13.8 Å². The fourth-order valence-electron chi connectivity index (χ4n) is 4.69. The Morgan fingerprint density at radius 1 is 1.03 bits per heavy atom. The highest BCUT2D eigenvalue weighted by Gasteiger charge is 2.25. The lowest BCUT2D eigenvalue weighted by Crippen LogP contribution is -2.49. The predicted molar refractivity (Wildman–Crippen MR) is 147 cm³/mol. The van der Waals surface area contributed by atoms with Crippen molar-refractivity contribution in [2.24, 2.45) is 0 Å². The van der Waals surface area contributed by atoms with Crippen LogP contribution in [0.5, 0.6) is 0 Å². The summed E-state index contributed by atoms with van der Waals surface area (Å²) < 4.78 is 5.51. The van der Waals surface area contributed by atoms with Crippen LogP contribution in [-0.4, -0.2) is 72.6 Å². The number of piperazine rings is 1. The zero-order valence-corrected chi connectivity index (χ0v) is 22.8. The normalized spacial score (nSPS) is 14.7. The number of fused-ring (bicyclic) bond motifs is 1. The Morgan fingerprint density at radius 2 is 1.82 bits per heavy atom. The molecule has 0 radical (unpaired) electrons. The van der Waals surface area contributed by atoms with E-state index in [-0.39, 0.29) is 6.09 Å². The first-order valence-corrected chi connectivity index (χ1v) is 13.1. The molecule has 0 aliphatic carbocycles. The molecular weight excluding hydrogens is 478 g/mol. The monoisotopic (exact) mass is 513 g/mol. The fraction of sp³-hybridized carbons (Fsp3) is 0.414. The van der Waals surface area contributed by atoms with Crippen LogP contribution in [0.3, 0.4) is 0 Å². The molecule has 1 N–H and O–H groups in total. The maximum atomic E-state index is 12.3. The van der Waals surface area contributed by atoms with Crippen LogP contribution >= 0.6 is 0 Å². The number of H-pyrrole nitrogens is 1. The van der Waals surface area contributed by atoms with Crippen molar-refractivity contribution in [2.75, 3.05) is 26.2 Å². The molecular formula is C29H35N7O2. The smallest absolute Gasteiger partial charge is 0.410 e. The quantitative estimate of drug-likeness (QED) is 0.414. The molecule has 3 aromatic heterocycles. The van der Waals surface area contributed by atoms with Crippen molar-refractivity contribution in [3.8, 4) is 11.3 Å². The Morgan fingerprint density at radius 3 is 2.58 bits per heavy atom. The highest BCUT2D eigenvalue weighted by molar-refractivity contribution is 5.82. The lowest BCUT2D eigenvalue weighted by Gasteiger charge is -2.35. The summed E-state index contributed by atoms with van der Waals surface area (Å²) in [4.78, 5) is 38.1. The number of imidazole rings is 1. The van der Waals surface area contributed by atoms with Crippen molar-refractivity contribution in [3.63, 3.8) is 0 Å². The summed E-state index contributed by atoms with van der Waals surface area (Å²) in [7, 11) is 0. The summed E-state index contributed by atoms with van der Waals surface area (Å²) in [6.07, 6.45) is 3.86. The van der Waals surface area contributed by atoms with Gasteiger partial charge < -0.3 is 14.6 Å². The average molecular weight is 514 g/mol. The van der Waals surface area contributed by atoms with E-state index in [0.29, 0.717) is 19.5 Å². The first-order chi connectivity index (χ1) is 18.1. The van der Waals surface area contributed by atoms with E-state index in [1.54, 1.807) is 11.2 Å². The SMILES string of the molecule is Cc1ncnc(-c2ccc3nc(Cc4cc(CN5CCN(C(=O)OC(C)(C)C)CC5)ccn4)[nH]c3c2)c1C. The van der Waals surface area contributed by atoms with Crippen LogP contribution in [0.4, 0.5) is 4.79 Å². The topological polar surface area (TPSA) is 100 Å². The molecule has 1 fully saturated rings. The summed E-state index contributed by atoms with van der Waals surface area (Å²) >= 11 is 0. The molecule has 0 unspecified atom stereocenters. The van der Waals surface area contributed by atoms with E-state index in [1.807, 2.05) is 46.9 Å². The van der Waals surface area contributed by atoms with Gasteiger partial charge in [-0.1, -0.05) is 6.07 Å². The van der Waals surface area contributed by atoms with Crippen molar-refractivity contribution < 1.29 is 9.53 Å². The van der Waals surface area contributed by atoms with Crippen molar-refractivity contribution in [2.45, 2.75) is 53.2 Å². The van der Waals surface area contributed by atoms with Gasteiger partial charge in [-0.15, -0.1) is 0 Å². The molecule has 198 valence electrons. The molecule has 38 heavy (non-hydrogen) atoms. The van der Waals surface area contributed by atoms with Gasteiger partial charge in [-0.3, -0.25) is 9.88 Å². The van der Waals surface area contributed by atoms with Gasteiger partial charge in [0, 0.05) is 62.3 Å². The molecule has 0 saturated carbocycles. The van der Waals surface area contributed by atoms with Crippen LogP contribution in [0.25, 0.3) is 22.3 Å². The van der Waals surface area contributed by atoms with Gasteiger partial charge in [-0.25, -0.2) is 19.7 Å². The second-order valence-electron chi connectivity index (χ2n) is 10.9. The number of nitrogens with one attached hydrogen (secondary N) is 1. The van der Waals surface area contributed by atoms with Gasteiger partial charge in [-0.2, -0.15) is 0 Å². The summed E-state index contributed by atoms with van der Waals surface area (Å²) in [5.74, 6) is 0.878. The molecule has 0 bridgehead atoms. The minimum atomic E-state index is -0.473. The molecule has 1 aliphatic heterocycles. The minimum Gasteiger partial charge on any atom is -0.444 e. The van der Waals surface area contributed by atoms with Gasteiger partial charge in [0.15, 0.2) is 0 Å². The van der Waals surface area contributed by atoms with E-state index in [2.05, 4.69) is 49.1 Å². The largest absolute Gasteiger partial charge is 0.444 e. The van der Waals surface area contributed by atoms with Crippen molar-refractivity contribution in [1.82, 2.24) is 34.7 Å². The Balaban J connectivity index is 1.23. The minimum absolute atomic E-state index is 0.233. The molecule has 1 saturated heterocycles. The van der Waals surface area contributed by atoms with Gasteiger partial charge in [0.2, 0.25) is 0 Å². The third-order valence-corrected chi connectivity index (χ3v) is 6.80. The number of nitrogens with zero attached hydrogens (tertiary/aromatic N) is 6. The van der Waals surface area contributed by atoms with Crippen LogP contribution < -0.4 is 0 Å². The number of aryl methyl sites for hydroxylation is 1. The number of amides is 1. The van der Waals surface area contributed by atoms with E-state index < -0.39 is 5.60 Å². The van der Waals surface area contributed by atoms with Crippen LogP contribution in [-0.2, 0) is 17.7 Å². The fourth-order valence-corrected chi connectivity index (χ4v) is 4.69. The summed E-state index contributed by atoms with van der Waals surface area (Å²) in [5, 5.41) is 0. The van der Waals surface area contributed by atoms with E-state index in [1.165, 1.54) is 5.56 Å². The summed E-state index contributed by atoms with van der Waals surface area (Å²) in [6, 6.07) is 10.4. The third kappa shape index (κ3) is 5.99. The number of ether oxygens (including phenoxy) is 1. The van der Waals surface area contributed by atoms with Crippen molar-refractivity contribution >= 4 is 17.1 Å². The lowest BCUT2D eigenvalue weighted by molar-refractivity contribution is 0.0139. The van der Waals surface area contributed by atoms with Gasteiger partial charge in [0.1, 0.15) is 17.8 Å². The van der Waals surface area contributed by atoms with Gasteiger partial charge in [-0.05, 0) is 70.0 Å². The molecule has 1 aliphatic rings. The summed E-state index contributed by atoms with van der Waals surface area (Å²) in [5.41, 5.74) is 7.65.